The molecule has 19 heavy (non-hydrogen) atoms. The highest BCUT2D eigenvalue weighted by Gasteiger charge is 2.25. The molecule has 1 aliphatic carbocycles. The van der Waals surface area contributed by atoms with Gasteiger partial charge in [-0.15, -0.1) is 0 Å². The molecule has 0 aromatic heterocycles. The van der Waals surface area contributed by atoms with Gasteiger partial charge in [0.2, 0.25) is 0 Å². The van der Waals surface area contributed by atoms with Gasteiger partial charge in [-0.1, -0.05) is 26.0 Å². The average molecular weight is 261 g/mol. The predicted octanol–water partition coefficient (Wildman–Crippen LogP) is 3.74. The van der Waals surface area contributed by atoms with Gasteiger partial charge in [0.1, 0.15) is 5.75 Å². The Morgan fingerprint density at radius 2 is 1.89 bits per heavy atom. The Morgan fingerprint density at radius 3 is 2.53 bits per heavy atom. The number of hydrogen-bond acceptors (Lipinski definition) is 2. The Balaban J connectivity index is 1.83. The van der Waals surface area contributed by atoms with Crippen LogP contribution >= 0.6 is 0 Å². The molecule has 0 spiro atoms. The van der Waals surface area contributed by atoms with Crippen molar-refractivity contribution in [2.24, 2.45) is 11.8 Å². The molecule has 2 heteroatoms. The molecule has 1 fully saturated rings. The summed E-state index contributed by atoms with van der Waals surface area (Å²) in [6.45, 7) is 7.00. The van der Waals surface area contributed by atoms with Crippen molar-refractivity contribution >= 4 is 0 Å². The summed E-state index contributed by atoms with van der Waals surface area (Å²) in [6.07, 6.45) is 5.04. The monoisotopic (exact) mass is 261 g/mol. The zero-order valence-corrected chi connectivity index (χ0v) is 12.4. The minimum Gasteiger partial charge on any atom is -0.508 e. The molecule has 2 N–H and O–H groups in total. The van der Waals surface area contributed by atoms with Crippen LogP contribution in [0.25, 0.3) is 0 Å². The number of benzene rings is 1. The van der Waals surface area contributed by atoms with Crippen LogP contribution in [0, 0.1) is 11.8 Å². The van der Waals surface area contributed by atoms with Gasteiger partial charge in [0.05, 0.1) is 0 Å². The summed E-state index contributed by atoms with van der Waals surface area (Å²) in [6, 6.07) is 8.73. The largest absolute Gasteiger partial charge is 0.508 e. The van der Waals surface area contributed by atoms with Crippen LogP contribution in [0.2, 0.25) is 0 Å². The number of hydrogen-bond donors (Lipinski definition) is 2. The van der Waals surface area contributed by atoms with Gasteiger partial charge in [-0.25, -0.2) is 0 Å². The van der Waals surface area contributed by atoms with Crippen LogP contribution in [-0.2, 0) is 6.42 Å². The molecule has 4 atom stereocenters. The van der Waals surface area contributed by atoms with E-state index in [1.807, 2.05) is 12.1 Å². The second-order valence-corrected chi connectivity index (χ2v) is 6.44. The van der Waals surface area contributed by atoms with Crippen LogP contribution in [-0.4, -0.2) is 17.2 Å². The Bertz CT molecular complexity index is 387. The van der Waals surface area contributed by atoms with Crippen molar-refractivity contribution in [3.63, 3.8) is 0 Å². The van der Waals surface area contributed by atoms with Crippen molar-refractivity contribution in [3.05, 3.63) is 29.8 Å². The van der Waals surface area contributed by atoms with Crippen LogP contribution in [0.3, 0.4) is 0 Å². The van der Waals surface area contributed by atoms with E-state index in [4.69, 9.17) is 0 Å². The Hall–Kier alpha value is -1.02. The molecule has 2 rings (SSSR count). The van der Waals surface area contributed by atoms with Crippen molar-refractivity contribution in [3.8, 4) is 5.75 Å². The summed E-state index contributed by atoms with van der Waals surface area (Å²) in [4.78, 5) is 0. The molecule has 0 saturated heterocycles. The number of aromatic hydroxyl groups is 1. The van der Waals surface area contributed by atoms with Crippen molar-refractivity contribution in [1.29, 1.82) is 0 Å². The second kappa shape index (κ2) is 6.42. The minimum atomic E-state index is 0.347. The van der Waals surface area contributed by atoms with Gasteiger partial charge < -0.3 is 10.4 Å². The summed E-state index contributed by atoms with van der Waals surface area (Å²) in [5, 5.41) is 13.1. The molecule has 4 unspecified atom stereocenters. The smallest absolute Gasteiger partial charge is 0.115 e. The number of phenols is 1. The highest BCUT2D eigenvalue weighted by molar-refractivity contribution is 5.26. The lowest BCUT2D eigenvalue weighted by molar-refractivity contribution is 0.215. The molecule has 0 radical (unpaired) electrons. The van der Waals surface area contributed by atoms with E-state index in [0.29, 0.717) is 17.8 Å². The molecule has 0 amide bonds. The third-order valence-corrected chi connectivity index (χ3v) is 4.41. The Labute approximate surface area is 117 Å². The van der Waals surface area contributed by atoms with E-state index in [-0.39, 0.29) is 0 Å². The molecule has 1 aromatic rings. The van der Waals surface area contributed by atoms with Crippen molar-refractivity contribution in [2.75, 3.05) is 0 Å². The van der Waals surface area contributed by atoms with Crippen molar-refractivity contribution in [2.45, 2.75) is 58.5 Å². The Kier molecular flexibility index (Phi) is 4.87. The molecule has 1 saturated carbocycles. The SMILES string of the molecule is CC1CCC(NC(C)Cc2ccc(O)cc2)C(C)C1. The molecular formula is C17H27NO. The molecule has 1 aliphatic rings. The molecule has 1 aromatic carbocycles. The Morgan fingerprint density at radius 1 is 1.21 bits per heavy atom. The highest BCUT2D eigenvalue weighted by atomic mass is 16.3. The van der Waals surface area contributed by atoms with Crippen molar-refractivity contribution < 1.29 is 5.11 Å². The van der Waals surface area contributed by atoms with Crippen LogP contribution in [0.4, 0.5) is 0 Å². The van der Waals surface area contributed by atoms with E-state index >= 15 is 0 Å². The van der Waals surface area contributed by atoms with E-state index in [1.54, 1.807) is 12.1 Å². The predicted molar refractivity (Wildman–Crippen MR) is 80.4 cm³/mol. The zero-order valence-electron chi connectivity index (χ0n) is 12.4. The summed E-state index contributed by atoms with van der Waals surface area (Å²) in [5.41, 5.74) is 1.29. The maximum Gasteiger partial charge on any atom is 0.115 e. The van der Waals surface area contributed by atoms with Crippen LogP contribution in [0.1, 0.15) is 45.6 Å². The molecule has 0 aliphatic heterocycles. The first-order valence-corrected chi connectivity index (χ1v) is 7.58. The lowest BCUT2D eigenvalue weighted by atomic mass is 9.79. The lowest BCUT2D eigenvalue weighted by Crippen LogP contribution is -2.44. The number of phenolic OH excluding ortho intramolecular Hbond substituents is 1. The van der Waals surface area contributed by atoms with Gasteiger partial charge >= 0.3 is 0 Å². The number of rotatable bonds is 4. The molecule has 106 valence electrons. The van der Waals surface area contributed by atoms with Gasteiger partial charge in [-0.3, -0.25) is 0 Å². The minimum absolute atomic E-state index is 0.347. The number of nitrogens with one attached hydrogen (secondary N) is 1. The standard InChI is InChI=1S/C17H27NO/c1-12-4-9-17(13(2)10-12)18-14(3)11-15-5-7-16(19)8-6-15/h5-8,12-14,17-19H,4,9-11H2,1-3H3. The lowest BCUT2D eigenvalue weighted by Gasteiger charge is -2.35. The molecule has 2 nitrogen and oxygen atoms in total. The summed E-state index contributed by atoms with van der Waals surface area (Å²) >= 11 is 0. The third kappa shape index (κ3) is 4.24. The van der Waals surface area contributed by atoms with E-state index in [9.17, 15) is 5.11 Å². The zero-order chi connectivity index (χ0) is 13.8. The maximum atomic E-state index is 9.30. The highest BCUT2D eigenvalue weighted by Crippen LogP contribution is 2.29. The summed E-state index contributed by atoms with van der Waals surface area (Å²) in [7, 11) is 0. The summed E-state index contributed by atoms with van der Waals surface area (Å²) < 4.78 is 0. The van der Waals surface area contributed by atoms with Gasteiger partial charge in [0.15, 0.2) is 0 Å². The van der Waals surface area contributed by atoms with Gasteiger partial charge in [-0.05, 0) is 62.1 Å². The maximum absolute atomic E-state index is 9.30. The molecule has 0 heterocycles. The van der Waals surface area contributed by atoms with Crippen LogP contribution < -0.4 is 5.32 Å². The van der Waals surface area contributed by atoms with Crippen LogP contribution in [0.15, 0.2) is 24.3 Å². The van der Waals surface area contributed by atoms with Gasteiger partial charge in [-0.2, -0.15) is 0 Å². The third-order valence-electron chi connectivity index (χ3n) is 4.41. The topological polar surface area (TPSA) is 32.3 Å². The van der Waals surface area contributed by atoms with Gasteiger partial charge in [0.25, 0.3) is 0 Å². The summed E-state index contributed by atoms with van der Waals surface area (Å²) in [5.74, 6) is 2.02. The second-order valence-electron chi connectivity index (χ2n) is 6.44. The van der Waals surface area contributed by atoms with E-state index in [2.05, 4.69) is 26.1 Å². The van der Waals surface area contributed by atoms with E-state index < -0.39 is 0 Å². The molecule has 0 bridgehead atoms. The average Bonchev–Trinajstić information content (AvgIpc) is 2.36. The van der Waals surface area contributed by atoms with E-state index in [1.165, 1.54) is 24.8 Å². The first-order chi connectivity index (χ1) is 9.04. The van der Waals surface area contributed by atoms with Crippen molar-refractivity contribution in [1.82, 2.24) is 5.32 Å². The fourth-order valence-electron chi connectivity index (χ4n) is 3.32. The fourth-order valence-corrected chi connectivity index (χ4v) is 3.32. The van der Waals surface area contributed by atoms with Crippen LogP contribution in [0.5, 0.6) is 5.75 Å². The van der Waals surface area contributed by atoms with E-state index in [0.717, 1.165) is 18.3 Å². The first-order valence-electron chi connectivity index (χ1n) is 7.58. The normalized spacial score (nSPS) is 29.1. The van der Waals surface area contributed by atoms with Gasteiger partial charge in [0, 0.05) is 12.1 Å². The quantitative estimate of drug-likeness (QED) is 0.865. The molecular weight excluding hydrogens is 234 g/mol. The fraction of sp³-hybridized carbons (Fsp3) is 0.647. The first kappa shape index (κ1) is 14.4.